The topological polar surface area (TPSA) is 50.8 Å². The maximum Gasteiger partial charge on any atom is 0.345 e. The summed E-state index contributed by atoms with van der Waals surface area (Å²) in [7, 11) is 2.92. The molecule has 22 heavy (non-hydrogen) atoms. The van der Waals surface area contributed by atoms with Crippen LogP contribution in [0.4, 0.5) is 10.5 Å². The van der Waals surface area contributed by atoms with Crippen molar-refractivity contribution >= 4 is 23.3 Å². The number of carbonyl (C=O) groups is 1. The van der Waals surface area contributed by atoms with E-state index in [9.17, 15) is 4.79 Å². The molecule has 2 aromatic carbocycles. The van der Waals surface area contributed by atoms with Crippen LogP contribution in [0.1, 0.15) is 5.56 Å². The second-order valence-electron chi connectivity index (χ2n) is 4.53. The summed E-state index contributed by atoms with van der Waals surface area (Å²) >= 11 is 6.17. The predicted octanol–water partition coefficient (Wildman–Crippen LogP) is 3.94. The number of halogens is 1. The number of benzene rings is 2. The molecule has 6 heteroatoms. The minimum Gasteiger partial charge on any atom is -0.487 e. The Morgan fingerprint density at radius 3 is 2.59 bits per heavy atom. The molecule has 0 atom stereocenters. The number of ether oxygens (including phenoxy) is 1. The van der Waals surface area contributed by atoms with Crippen molar-refractivity contribution in [3.8, 4) is 5.75 Å². The maximum atomic E-state index is 11.7. The average Bonchev–Trinajstić information content (AvgIpc) is 2.54. The highest BCUT2D eigenvalue weighted by Gasteiger charge is 2.09. The Balaban J connectivity index is 1.99. The SMILES string of the molecule is CON(C)C(=O)Nc1ccc(OCc2ccccc2)c(Cl)c1. The van der Waals surface area contributed by atoms with Crippen LogP contribution in [0.5, 0.6) is 5.75 Å². The molecule has 0 bridgehead atoms. The van der Waals surface area contributed by atoms with Gasteiger partial charge in [-0.1, -0.05) is 41.9 Å². The number of carbonyl (C=O) groups excluding carboxylic acids is 1. The average molecular weight is 321 g/mol. The van der Waals surface area contributed by atoms with E-state index in [-0.39, 0.29) is 0 Å². The highest BCUT2D eigenvalue weighted by atomic mass is 35.5. The van der Waals surface area contributed by atoms with Crippen molar-refractivity contribution in [3.63, 3.8) is 0 Å². The number of anilines is 1. The zero-order chi connectivity index (χ0) is 15.9. The third kappa shape index (κ3) is 4.38. The van der Waals surface area contributed by atoms with Gasteiger partial charge in [0.15, 0.2) is 0 Å². The van der Waals surface area contributed by atoms with E-state index < -0.39 is 6.03 Å². The maximum absolute atomic E-state index is 11.7. The highest BCUT2D eigenvalue weighted by molar-refractivity contribution is 6.32. The van der Waals surface area contributed by atoms with Crippen molar-refractivity contribution in [2.24, 2.45) is 0 Å². The lowest BCUT2D eigenvalue weighted by Gasteiger charge is -2.15. The second kappa shape index (κ2) is 7.68. The fourth-order valence-corrected chi connectivity index (χ4v) is 1.95. The van der Waals surface area contributed by atoms with Crippen LogP contribution in [-0.2, 0) is 11.4 Å². The Hall–Kier alpha value is -2.24. The van der Waals surface area contributed by atoms with Gasteiger partial charge in [-0.15, -0.1) is 0 Å². The molecule has 0 aliphatic heterocycles. The molecule has 5 nitrogen and oxygen atoms in total. The van der Waals surface area contributed by atoms with E-state index in [1.165, 1.54) is 14.2 Å². The first kappa shape index (κ1) is 16.1. The van der Waals surface area contributed by atoms with Gasteiger partial charge in [0, 0.05) is 12.7 Å². The summed E-state index contributed by atoms with van der Waals surface area (Å²) < 4.78 is 5.67. The van der Waals surface area contributed by atoms with Gasteiger partial charge >= 0.3 is 6.03 Å². The molecule has 0 aromatic heterocycles. The number of amides is 2. The number of nitrogens with zero attached hydrogens (tertiary/aromatic N) is 1. The zero-order valence-electron chi connectivity index (χ0n) is 12.4. The molecule has 0 aliphatic rings. The van der Waals surface area contributed by atoms with Crippen molar-refractivity contribution in [1.29, 1.82) is 0 Å². The smallest absolute Gasteiger partial charge is 0.345 e. The minimum atomic E-state index is -0.392. The Kier molecular flexibility index (Phi) is 5.63. The highest BCUT2D eigenvalue weighted by Crippen LogP contribution is 2.28. The summed E-state index contributed by atoms with van der Waals surface area (Å²) in [4.78, 5) is 16.5. The summed E-state index contributed by atoms with van der Waals surface area (Å²) in [5.41, 5.74) is 1.61. The molecule has 1 N–H and O–H groups in total. The van der Waals surface area contributed by atoms with Gasteiger partial charge in [0.25, 0.3) is 0 Å². The van der Waals surface area contributed by atoms with Gasteiger partial charge < -0.3 is 10.1 Å². The van der Waals surface area contributed by atoms with Crippen LogP contribution >= 0.6 is 11.6 Å². The number of rotatable bonds is 5. The molecule has 0 saturated carbocycles. The van der Waals surface area contributed by atoms with E-state index in [4.69, 9.17) is 21.2 Å². The molecular formula is C16H17ClN2O3. The Bertz CT molecular complexity index is 635. The molecule has 0 radical (unpaired) electrons. The lowest BCUT2D eigenvalue weighted by Crippen LogP contribution is -2.30. The summed E-state index contributed by atoms with van der Waals surface area (Å²) in [6.45, 7) is 0.429. The molecule has 116 valence electrons. The fourth-order valence-electron chi connectivity index (χ4n) is 1.72. The van der Waals surface area contributed by atoms with Gasteiger partial charge in [0.05, 0.1) is 12.1 Å². The lowest BCUT2D eigenvalue weighted by atomic mass is 10.2. The van der Waals surface area contributed by atoms with Crippen molar-refractivity contribution in [2.45, 2.75) is 6.61 Å². The number of hydrogen-bond acceptors (Lipinski definition) is 3. The third-order valence-electron chi connectivity index (χ3n) is 2.98. The molecule has 0 saturated heterocycles. The molecule has 2 rings (SSSR count). The normalized spacial score (nSPS) is 10.1. The molecule has 2 amide bonds. The van der Waals surface area contributed by atoms with E-state index in [2.05, 4.69) is 5.32 Å². The molecule has 0 unspecified atom stereocenters. The number of nitrogens with one attached hydrogen (secondary N) is 1. The van der Waals surface area contributed by atoms with Crippen molar-refractivity contribution in [1.82, 2.24) is 5.06 Å². The molecular weight excluding hydrogens is 304 g/mol. The molecule has 0 aliphatic carbocycles. The zero-order valence-corrected chi connectivity index (χ0v) is 13.1. The Labute approximate surface area is 134 Å². The fraction of sp³-hybridized carbons (Fsp3) is 0.188. The van der Waals surface area contributed by atoms with Crippen molar-refractivity contribution in [2.75, 3.05) is 19.5 Å². The monoisotopic (exact) mass is 320 g/mol. The second-order valence-corrected chi connectivity index (χ2v) is 4.94. The molecule has 0 fully saturated rings. The molecule has 0 heterocycles. The number of urea groups is 1. The summed E-state index contributed by atoms with van der Waals surface area (Å²) in [6, 6.07) is 14.5. The quantitative estimate of drug-likeness (QED) is 0.849. The van der Waals surface area contributed by atoms with E-state index in [1.54, 1.807) is 18.2 Å². The summed E-state index contributed by atoms with van der Waals surface area (Å²) in [5.74, 6) is 0.559. The van der Waals surface area contributed by atoms with Gasteiger partial charge in [-0.3, -0.25) is 4.84 Å². The largest absolute Gasteiger partial charge is 0.487 e. The Morgan fingerprint density at radius 1 is 1.23 bits per heavy atom. The summed E-state index contributed by atoms with van der Waals surface area (Å²) in [5, 5.41) is 4.16. The Morgan fingerprint density at radius 2 is 1.95 bits per heavy atom. The van der Waals surface area contributed by atoms with Crippen LogP contribution in [0.2, 0.25) is 5.02 Å². The van der Waals surface area contributed by atoms with Gasteiger partial charge in [-0.2, -0.15) is 0 Å². The molecule has 2 aromatic rings. The van der Waals surface area contributed by atoms with E-state index in [0.29, 0.717) is 23.1 Å². The van der Waals surface area contributed by atoms with Crippen LogP contribution < -0.4 is 10.1 Å². The lowest BCUT2D eigenvalue weighted by molar-refractivity contribution is -0.0598. The van der Waals surface area contributed by atoms with Crippen LogP contribution in [-0.4, -0.2) is 25.3 Å². The van der Waals surface area contributed by atoms with Gasteiger partial charge in [0.1, 0.15) is 12.4 Å². The van der Waals surface area contributed by atoms with Crippen LogP contribution in [0.15, 0.2) is 48.5 Å². The van der Waals surface area contributed by atoms with Gasteiger partial charge in [0.2, 0.25) is 0 Å². The van der Waals surface area contributed by atoms with Crippen LogP contribution in [0, 0.1) is 0 Å². The third-order valence-corrected chi connectivity index (χ3v) is 3.28. The van der Waals surface area contributed by atoms with E-state index in [0.717, 1.165) is 10.6 Å². The molecule has 0 spiro atoms. The standard InChI is InChI=1S/C16H17ClN2O3/c1-19(21-2)16(20)18-13-8-9-15(14(17)10-13)22-11-12-6-4-3-5-7-12/h3-10H,11H2,1-2H3,(H,18,20). The minimum absolute atomic E-state index is 0.392. The van der Waals surface area contributed by atoms with Crippen molar-refractivity contribution < 1.29 is 14.4 Å². The van der Waals surface area contributed by atoms with E-state index >= 15 is 0 Å². The van der Waals surface area contributed by atoms with E-state index in [1.807, 2.05) is 30.3 Å². The van der Waals surface area contributed by atoms with Gasteiger partial charge in [-0.25, -0.2) is 9.86 Å². The first-order valence-corrected chi connectivity index (χ1v) is 7.03. The number of hydroxylamine groups is 2. The number of hydrogen-bond donors (Lipinski definition) is 1. The van der Waals surface area contributed by atoms with Crippen LogP contribution in [0.3, 0.4) is 0 Å². The first-order chi connectivity index (χ1) is 10.6. The predicted molar refractivity (Wildman–Crippen MR) is 86.0 cm³/mol. The first-order valence-electron chi connectivity index (χ1n) is 6.65. The summed E-state index contributed by atoms with van der Waals surface area (Å²) in [6.07, 6.45) is 0. The van der Waals surface area contributed by atoms with Crippen molar-refractivity contribution in [3.05, 3.63) is 59.1 Å². The van der Waals surface area contributed by atoms with Gasteiger partial charge in [-0.05, 0) is 23.8 Å². The van der Waals surface area contributed by atoms with Crippen LogP contribution in [0.25, 0.3) is 0 Å².